The first kappa shape index (κ1) is 19.9. The fourth-order valence-electron chi connectivity index (χ4n) is 2.65. The number of aromatic nitrogens is 2. The Kier molecular flexibility index (Phi) is 5.74. The number of hydrogen-bond acceptors (Lipinski definition) is 4. The lowest BCUT2D eigenvalue weighted by molar-refractivity contribution is -0.137. The fourth-order valence-corrected chi connectivity index (χ4v) is 2.77. The number of nitrogens with zero attached hydrogens (tertiary/aromatic N) is 2. The average Bonchev–Trinajstić information content (AvgIpc) is 2.63. The van der Waals surface area contributed by atoms with Gasteiger partial charge in [0.1, 0.15) is 11.4 Å². The molecule has 3 aromatic rings. The monoisotopic (exact) mass is 406 g/mol. The highest BCUT2D eigenvalue weighted by Gasteiger charge is 2.35. The van der Waals surface area contributed by atoms with Crippen LogP contribution in [-0.2, 0) is 6.18 Å². The second-order valence-electron chi connectivity index (χ2n) is 6.45. The number of nitrogens with one attached hydrogen (secondary N) is 2. The molecule has 4 nitrogen and oxygen atoms in total. The van der Waals surface area contributed by atoms with Gasteiger partial charge in [0.15, 0.2) is 0 Å². The number of para-hydroxylation sites is 1. The Morgan fingerprint density at radius 1 is 0.964 bits per heavy atom. The molecule has 3 rings (SSSR count). The van der Waals surface area contributed by atoms with Crippen molar-refractivity contribution in [2.45, 2.75) is 25.9 Å². The topological polar surface area (TPSA) is 49.8 Å². The molecule has 0 atom stereocenters. The van der Waals surface area contributed by atoms with Crippen LogP contribution < -0.4 is 10.6 Å². The maximum atomic E-state index is 13.5. The third-order valence-corrected chi connectivity index (χ3v) is 4.28. The van der Waals surface area contributed by atoms with Gasteiger partial charge in [-0.05, 0) is 41.8 Å². The summed E-state index contributed by atoms with van der Waals surface area (Å²) in [6.45, 7) is 3.94. The molecule has 0 bridgehead atoms. The average molecular weight is 407 g/mol. The predicted octanol–water partition coefficient (Wildman–Crippen LogP) is 6.76. The number of anilines is 4. The van der Waals surface area contributed by atoms with Gasteiger partial charge in [0.25, 0.3) is 0 Å². The first-order valence-electron chi connectivity index (χ1n) is 8.57. The first-order valence-corrected chi connectivity index (χ1v) is 8.94. The smallest absolute Gasteiger partial charge is 0.339 e. The molecule has 0 amide bonds. The minimum atomic E-state index is -4.59. The molecule has 0 fully saturated rings. The molecule has 146 valence electrons. The molecule has 0 aliphatic heterocycles. The number of hydrogen-bond donors (Lipinski definition) is 2. The highest BCUT2D eigenvalue weighted by Crippen LogP contribution is 2.36. The van der Waals surface area contributed by atoms with Crippen LogP contribution >= 0.6 is 11.6 Å². The Morgan fingerprint density at radius 3 is 2.29 bits per heavy atom. The van der Waals surface area contributed by atoms with Crippen LogP contribution in [0.1, 0.15) is 30.9 Å². The SMILES string of the molecule is CC(C)c1ccccc1Nc1nc(Nc2ccc(Cl)cc2)ncc1C(F)(F)F. The van der Waals surface area contributed by atoms with E-state index in [0.29, 0.717) is 16.4 Å². The van der Waals surface area contributed by atoms with Crippen molar-refractivity contribution in [2.75, 3.05) is 10.6 Å². The summed E-state index contributed by atoms with van der Waals surface area (Å²) >= 11 is 5.85. The summed E-state index contributed by atoms with van der Waals surface area (Å²) in [4.78, 5) is 7.87. The second kappa shape index (κ2) is 8.06. The van der Waals surface area contributed by atoms with Gasteiger partial charge in [0.05, 0.1) is 0 Å². The molecular weight excluding hydrogens is 389 g/mol. The molecule has 0 unspecified atom stereocenters. The lowest BCUT2D eigenvalue weighted by Crippen LogP contribution is -2.13. The van der Waals surface area contributed by atoms with E-state index in [4.69, 9.17) is 11.6 Å². The number of alkyl halides is 3. The summed E-state index contributed by atoms with van der Waals surface area (Å²) < 4.78 is 40.4. The van der Waals surface area contributed by atoms with Crippen molar-refractivity contribution >= 4 is 34.7 Å². The van der Waals surface area contributed by atoms with Gasteiger partial charge in [0.2, 0.25) is 5.95 Å². The largest absolute Gasteiger partial charge is 0.421 e. The van der Waals surface area contributed by atoms with E-state index < -0.39 is 11.7 Å². The zero-order chi connectivity index (χ0) is 20.3. The van der Waals surface area contributed by atoms with Crippen LogP contribution in [0.2, 0.25) is 5.02 Å². The van der Waals surface area contributed by atoms with Crippen LogP contribution in [0.3, 0.4) is 0 Å². The summed E-state index contributed by atoms with van der Waals surface area (Å²) in [6.07, 6.45) is -3.82. The number of rotatable bonds is 5. The Balaban J connectivity index is 1.98. The van der Waals surface area contributed by atoms with Crippen LogP contribution in [0.5, 0.6) is 0 Å². The molecule has 1 aromatic heterocycles. The zero-order valence-corrected chi connectivity index (χ0v) is 15.9. The van der Waals surface area contributed by atoms with Crippen LogP contribution in [0, 0.1) is 0 Å². The summed E-state index contributed by atoms with van der Waals surface area (Å²) in [5, 5.41) is 6.26. The quantitative estimate of drug-likeness (QED) is 0.491. The van der Waals surface area contributed by atoms with Gasteiger partial charge in [-0.25, -0.2) is 4.98 Å². The zero-order valence-electron chi connectivity index (χ0n) is 15.2. The standard InChI is InChI=1S/C20H18ClF3N4/c1-12(2)15-5-3-4-6-17(15)27-18-16(20(22,23)24)11-25-19(28-18)26-14-9-7-13(21)8-10-14/h3-12H,1-2H3,(H2,25,26,27,28). The molecule has 0 saturated heterocycles. The van der Waals surface area contributed by atoms with Gasteiger partial charge in [-0.3, -0.25) is 0 Å². The molecule has 2 aromatic carbocycles. The summed E-state index contributed by atoms with van der Waals surface area (Å²) in [5.41, 5.74) is 1.13. The van der Waals surface area contributed by atoms with Gasteiger partial charge >= 0.3 is 6.18 Å². The molecule has 1 heterocycles. The molecule has 0 spiro atoms. The Hall–Kier alpha value is -2.80. The first-order chi connectivity index (χ1) is 13.2. The van der Waals surface area contributed by atoms with Crippen LogP contribution in [0.25, 0.3) is 0 Å². The van der Waals surface area contributed by atoms with Crippen molar-refractivity contribution in [3.63, 3.8) is 0 Å². The van der Waals surface area contributed by atoms with E-state index in [-0.39, 0.29) is 17.7 Å². The minimum Gasteiger partial charge on any atom is -0.339 e. The van der Waals surface area contributed by atoms with E-state index in [1.54, 1.807) is 36.4 Å². The van der Waals surface area contributed by atoms with Crippen LogP contribution in [0.15, 0.2) is 54.7 Å². The molecule has 0 saturated carbocycles. The third kappa shape index (κ3) is 4.72. The summed E-state index contributed by atoms with van der Waals surface area (Å²) in [6, 6.07) is 13.9. The van der Waals surface area contributed by atoms with Crippen LogP contribution in [-0.4, -0.2) is 9.97 Å². The molecule has 2 N–H and O–H groups in total. The van der Waals surface area contributed by atoms with Crippen molar-refractivity contribution in [1.82, 2.24) is 9.97 Å². The Bertz CT molecular complexity index is 956. The molecular formula is C20H18ClF3N4. The van der Waals surface area contributed by atoms with E-state index in [1.807, 2.05) is 26.0 Å². The Labute approximate surface area is 165 Å². The van der Waals surface area contributed by atoms with Crippen molar-refractivity contribution in [3.05, 3.63) is 70.9 Å². The van der Waals surface area contributed by atoms with Crippen LogP contribution in [0.4, 0.5) is 36.3 Å². The van der Waals surface area contributed by atoms with Gasteiger partial charge in [-0.1, -0.05) is 43.6 Å². The van der Waals surface area contributed by atoms with E-state index in [2.05, 4.69) is 20.6 Å². The number of halogens is 4. The van der Waals surface area contributed by atoms with E-state index in [0.717, 1.165) is 11.8 Å². The minimum absolute atomic E-state index is 0.0415. The second-order valence-corrected chi connectivity index (χ2v) is 6.89. The molecule has 0 radical (unpaired) electrons. The van der Waals surface area contributed by atoms with E-state index >= 15 is 0 Å². The highest BCUT2D eigenvalue weighted by molar-refractivity contribution is 6.30. The normalized spacial score (nSPS) is 11.5. The van der Waals surface area contributed by atoms with Gasteiger partial charge in [-0.15, -0.1) is 0 Å². The van der Waals surface area contributed by atoms with Gasteiger partial charge in [-0.2, -0.15) is 18.2 Å². The van der Waals surface area contributed by atoms with Crippen molar-refractivity contribution < 1.29 is 13.2 Å². The molecule has 0 aliphatic rings. The molecule has 0 aliphatic carbocycles. The van der Waals surface area contributed by atoms with Gasteiger partial charge in [0, 0.05) is 22.6 Å². The van der Waals surface area contributed by atoms with Crippen molar-refractivity contribution in [3.8, 4) is 0 Å². The van der Waals surface area contributed by atoms with Crippen molar-refractivity contribution in [1.29, 1.82) is 0 Å². The maximum Gasteiger partial charge on any atom is 0.421 e. The van der Waals surface area contributed by atoms with E-state index in [9.17, 15) is 13.2 Å². The fraction of sp³-hybridized carbons (Fsp3) is 0.200. The molecule has 8 heteroatoms. The lowest BCUT2D eigenvalue weighted by atomic mass is 10.0. The molecule has 28 heavy (non-hydrogen) atoms. The number of benzene rings is 2. The predicted molar refractivity (Wildman–Crippen MR) is 106 cm³/mol. The summed E-state index contributed by atoms with van der Waals surface area (Å²) in [7, 11) is 0. The van der Waals surface area contributed by atoms with Gasteiger partial charge < -0.3 is 10.6 Å². The lowest BCUT2D eigenvalue weighted by Gasteiger charge is -2.18. The van der Waals surface area contributed by atoms with E-state index in [1.165, 1.54) is 0 Å². The third-order valence-electron chi connectivity index (χ3n) is 4.03. The maximum absolute atomic E-state index is 13.5. The summed E-state index contributed by atoms with van der Waals surface area (Å²) in [5.74, 6) is -0.140. The Morgan fingerprint density at radius 2 is 1.64 bits per heavy atom. The highest BCUT2D eigenvalue weighted by atomic mass is 35.5. The van der Waals surface area contributed by atoms with Crippen molar-refractivity contribution in [2.24, 2.45) is 0 Å².